The van der Waals surface area contributed by atoms with Crippen molar-refractivity contribution in [3.05, 3.63) is 65.5 Å². The maximum Gasteiger partial charge on any atom is 0.295 e. The number of carbonyl (C=O) groups excluding carboxylic acids is 2. The highest BCUT2D eigenvalue weighted by Crippen LogP contribution is 2.39. The van der Waals surface area contributed by atoms with Crippen LogP contribution in [0.1, 0.15) is 23.6 Å². The van der Waals surface area contributed by atoms with E-state index in [0.717, 1.165) is 11.3 Å². The van der Waals surface area contributed by atoms with Gasteiger partial charge >= 0.3 is 0 Å². The molecule has 1 amide bonds. The van der Waals surface area contributed by atoms with Crippen LogP contribution in [0.4, 0.5) is 5.69 Å². The van der Waals surface area contributed by atoms with Gasteiger partial charge in [0.1, 0.15) is 5.76 Å². The molecule has 1 N–H and O–H groups in total. The van der Waals surface area contributed by atoms with Crippen molar-refractivity contribution in [1.29, 1.82) is 0 Å². The van der Waals surface area contributed by atoms with Crippen LogP contribution in [0.15, 0.2) is 54.4 Å². The summed E-state index contributed by atoms with van der Waals surface area (Å²) in [4.78, 5) is 33.1. The van der Waals surface area contributed by atoms with Crippen LogP contribution < -0.4 is 4.90 Å². The van der Waals surface area contributed by atoms with Crippen LogP contribution in [0, 0.1) is 0 Å². The number of aliphatic hydroxyl groups is 1. The number of Topliss-reactive ketones (excluding diaryl/α,β-unsaturated/α-hetero) is 1. The third-order valence-corrected chi connectivity index (χ3v) is 4.97. The first-order chi connectivity index (χ1) is 14.0. The summed E-state index contributed by atoms with van der Waals surface area (Å²) in [6, 6.07) is 10.2. The lowest BCUT2D eigenvalue weighted by Gasteiger charge is -2.25. The molecule has 1 fully saturated rings. The van der Waals surface area contributed by atoms with Crippen LogP contribution in [0.3, 0.4) is 0 Å². The van der Waals surface area contributed by atoms with E-state index in [9.17, 15) is 14.7 Å². The number of benzene rings is 1. The maximum atomic E-state index is 12.9. The van der Waals surface area contributed by atoms with Gasteiger partial charge in [-0.25, -0.2) is 0 Å². The average Bonchev–Trinajstić information content (AvgIpc) is 2.99. The average molecular weight is 395 g/mol. The number of ketones is 1. The predicted molar refractivity (Wildman–Crippen MR) is 111 cm³/mol. The Hall–Kier alpha value is -3.19. The molecule has 0 radical (unpaired) electrons. The lowest BCUT2D eigenvalue weighted by atomic mass is 9.95. The zero-order valence-corrected chi connectivity index (χ0v) is 16.8. The van der Waals surface area contributed by atoms with Gasteiger partial charge in [-0.15, -0.1) is 0 Å². The Morgan fingerprint density at radius 2 is 1.79 bits per heavy atom. The largest absolute Gasteiger partial charge is 0.507 e. The second kappa shape index (κ2) is 8.87. The molecule has 1 aromatic carbocycles. The number of amides is 1. The summed E-state index contributed by atoms with van der Waals surface area (Å²) in [5.74, 6) is -1.49. The van der Waals surface area contributed by atoms with Gasteiger partial charge in [0.15, 0.2) is 0 Å². The van der Waals surface area contributed by atoms with E-state index >= 15 is 0 Å². The van der Waals surface area contributed by atoms with Gasteiger partial charge in [0.2, 0.25) is 0 Å². The number of nitrogens with zero attached hydrogens (tertiary/aromatic N) is 3. The summed E-state index contributed by atoms with van der Waals surface area (Å²) in [6.45, 7) is 0.825. The first kappa shape index (κ1) is 20.5. The number of aliphatic hydroxyl groups excluding tert-OH is 1. The minimum absolute atomic E-state index is 0.0937. The Balaban J connectivity index is 2.09. The highest BCUT2D eigenvalue weighted by Gasteiger charge is 2.45. The smallest absolute Gasteiger partial charge is 0.295 e. The Bertz CT molecular complexity index is 907. The number of ether oxygens (including phenoxy) is 1. The Kier molecular flexibility index (Phi) is 6.29. The van der Waals surface area contributed by atoms with Crippen molar-refractivity contribution in [3.8, 4) is 0 Å². The fourth-order valence-corrected chi connectivity index (χ4v) is 3.46. The number of anilines is 1. The van der Waals surface area contributed by atoms with E-state index in [1.807, 2.05) is 43.3 Å². The second-order valence-corrected chi connectivity index (χ2v) is 7.06. The summed E-state index contributed by atoms with van der Waals surface area (Å²) in [5, 5.41) is 10.9. The standard InChI is InChI=1S/C22H25N3O4/c1-24(2)17-7-5-15(6-8-17)19-18(20(26)16-9-11-23-12-10-16)21(27)22(28)25(19)13-4-14-29-3/h5-12,19,26H,4,13-14H2,1-3H3/b20-18-. The molecule has 1 unspecified atom stereocenters. The number of hydrogen-bond donors (Lipinski definition) is 1. The molecule has 0 spiro atoms. The molecule has 7 heteroatoms. The van der Waals surface area contributed by atoms with E-state index < -0.39 is 17.7 Å². The zero-order valence-electron chi connectivity index (χ0n) is 16.8. The maximum absolute atomic E-state index is 12.9. The predicted octanol–water partition coefficient (Wildman–Crippen LogP) is 2.61. The summed E-state index contributed by atoms with van der Waals surface area (Å²) >= 11 is 0. The molecule has 1 atom stereocenters. The molecule has 3 rings (SSSR count). The third-order valence-electron chi connectivity index (χ3n) is 4.97. The minimum Gasteiger partial charge on any atom is -0.507 e. The Morgan fingerprint density at radius 1 is 1.14 bits per heavy atom. The van der Waals surface area contributed by atoms with Gasteiger partial charge in [0.05, 0.1) is 11.6 Å². The topological polar surface area (TPSA) is 83.0 Å². The van der Waals surface area contributed by atoms with Crippen molar-refractivity contribution in [1.82, 2.24) is 9.88 Å². The van der Waals surface area contributed by atoms with Crippen LogP contribution in [0.5, 0.6) is 0 Å². The van der Waals surface area contributed by atoms with Crippen molar-refractivity contribution in [2.75, 3.05) is 39.3 Å². The molecule has 0 bridgehead atoms. The third kappa shape index (κ3) is 4.14. The molecule has 2 aromatic rings. The van der Waals surface area contributed by atoms with Crippen LogP contribution >= 0.6 is 0 Å². The summed E-state index contributed by atoms with van der Waals surface area (Å²) in [5.41, 5.74) is 2.31. The summed E-state index contributed by atoms with van der Waals surface area (Å²) in [7, 11) is 5.47. The number of pyridine rings is 1. The lowest BCUT2D eigenvalue weighted by molar-refractivity contribution is -0.140. The SMILES string of the molecule is COCCCN1C(=O)C(=O)/C(=C(\O)c2ccncc2)C1c1ccc(N(C)C)cc1. The molecule has 1 aromatic heterocycles. The minimum atomic E-state index is -0.682. The first-order valence-corrected chi connectivity index (χ1v) is 9.40. The van der Waals surface area contributed by atoms with E-state index in [2.05, 4.69) is 4.98 Å². The molecule has 7 nitrogen and oxygen atoms in total. The molecule has 2 heterocycles. The van der Waals surface area contributed by atoms with E-state index in [1.54, 1.807) is 19.2 Å². The first-order valence-electron chi connectivity index (χ1n) is 9.40. The van der Waals surface area contributed by atoms with Crippen LogP contribution in [-0.4, -0.2) is 61.0 Å². The van der Waals surface area contributed by atoms with Crippen molar-refractivity contribution < 1.29 is 19.4 Å². The van der Waals surface area contributed by atoms with Gasteiger partial charge in [-0.05, 0) is 36.2 Å². The molecular formula is C22H25N3O4. The highest BCUT2D eigenvalue weighted by atomic mass is 16.5. The zero-order chi connectivity index (χ0) is 21.0. The molecule has 1 aliphatic heterocycles. The van der Waals surface area contributed by atoms with Crippen molar-refractivity contribution >= 4 is 23.1 Å². The quantitative estimate of drug-likeness (QED) is 0.336. The van der Waals surface area contributed by atoms with E-state index in [1.165, 1.54) is 17.3 Å². The monoisotopic (exact) mass is 395 g/mol. The Morgan fingerprint density at radius 3 is 2.38 bits per heavy atom. The molecule has 1 saturated heterocycles. The fraction of sp³-hybridized carbons (Fsp3) is 0.318. The highest BCUT2D eigenvalue weighted by molar-refractivity contribution is 6.46. The van der Waals surface area contributed by atoms with Gasteiger partial charge in [-0.2, -0.15) is 0 Å². The summed E-state index contributed by atoms with van der Waals surface area (Å²) in [6.07, 6.45) is 3.65. The molecule has 0 saturated carbocycles. The molecule has 29 heavy (non-hydrogen) atoms. The Labute approximate surface area is 170 Å². The van der Waals surface area contributed by atoms with Crippen LogP contribution in [-0.2, 0) is 14.3 Å². The summed E-state index contributed by atoms with van der Waals surface area (Å²) < 4.78 is 5.09. The van der Waals surface area contributed by atoms with E-state index in [0.29, 0.717) is 25.1 Å². The van der Waals surface area contributed by atoms with Crippen LogP contribution in [0.2, 0.25) is 0 Å². The van der Waals surface area contributed by atoms with Gasteiger partial charge in [-0.1, -0.05) is 12.1 Å². The number of hydrogen-bond acceptors (Lipinski definition) is 6. The van der Waals surface area contributed by atoms with Gasteiger partial charge in [0, 0.05) is 58.0 Å². The fourth-order valence-electron chi connectivity index (χ4n) is 3.46. The normalized spacial score (nSPS) is 18.3. The number of methoxy groups -OCH3 is 1. The molecule has 152 valence electrons. The van der Waals surface area contributed by atoms with Gasteiger partial charge in [0.25, 0.3) is 11.7 Å². The number of carbonyl (C=O) groups is 2. The second-order valence-electron chi connectivity index (χ2n) is 7.06. The van der Waals surface area contributed by atoms with Gasteiger partial charge in [-0.3, -0.25) is 14.6 Å². The number of aromatic nitrogens is 1. The number of likely N-dealkylation sites (tertiary alicyclic amines) is 1. The van der Waals surface area contributed by atoms with Crippen molar-refractivity contribution in [2.24, 2.45) is 0 Å². The lowest BCUT2D eigenvalue weighted by Crippen LogP contribution is -2.31. The molecule has 0 aliphatic carbocycles. The van der Waals surface area contributed by atoms with Crippen molar-refractivity contribution in [3.63, 3.8) is 0 Å². The van der Waals surface area contributed by atoms with Gasteiger partial charge < -0.3 is 19.6 Å². The van der Waals surface area contributed by atoms with Crippen LogP contribution in [0.25, 0.3) is 5.76 Å². The number of rotatable bonds is 7. The van der Waals surface area contributed by atoms with E-state index in [-0.39, 0.29) is 11.3 Å². The molecule has 1 aliphatic rings. The van der Waals surface area contributed by atoms with E-state index in [4.69, 9.17) is 4.74 Å². The van der Waals surface area contributed by atoms with Crippen molar-refractivity contribution in [2.45, 2.75) is 12.5 Å². The molecular weight excluding hydrogens is 370 g/mol.